The molecule has 0 atom stereocenters. The predicted molar refractivity (Wildman–Crippen MR) is 123 cm³/mol. The molecule has 6 nitrogen and oxygen atoms in total. The maximum absolute atomic E-state index is 14.0. The van der Waals surface area contributed by atoms with Crippen LogP contribution in [0.5, 0.6) is 0 Å². The molecule has 0 saturated carbocycles. The van der Waals surface area contributed by atoms with Crippen molar-refractivity contribution in [3.63, 3.8) is 0 Å². The Hall–Kier alpha value is -2.29. The summed E-state index contributed by atoms with van der Waals surface area (Å²) in [5.74, 6) is 0.124. The number of benzene rings is 2. The van der Waals surface area contributed by atoms with E-state index in [1.54, 1.807) is 19.2 Å². The highest BCUT2D eigenvalue weighted by molar-refractivity contribution is 7.99. The van der Waals surface area contributed by atoms with Gasteiger partial charge >= 0.3 is 0 Å². The molecule has 1 amide bonds. The molecule has 9 heteroatoms. The molecule has 0 N–H and O–H groups in total. The highest BCUT2D eigenvalue weighted by Gasteiger charge is 2.23. The molecule has 4 rings (SSSR count). The number of hydrogen-bond acceptors (Lipinski definition) is 5. The smallest absolute Gasteiger partial charge is 0.233 e. The topological polar surface area (TPSA) is 50.6 Å². The van der Waals surface area contributed by atoms with Gasteiger partial charge < -0.3 is 19.1 Å². The Kier molecular flexibility index (Phi) is 6.99. The van der Waals surface area contributed by atoms with Gasteiger partial charge in [-0.3, -0.25) is 4.79 Å². The van der Waals surface area contributed by atoms with Gasteiger partial charge in [0.2, 0.25) is 5.91 Å². The Labute approximate surface area is 189 Å². The Morgan fingerprint density at radius 2 is 1.97 bits per heavy atom. The fourth-order valence-electron chi connectivity index (χ4n) is 3.71. The molecule has 0 radical (unpaired) electrons. The number of thioether (sulfide) groups is 1. The number of methoxy groups -OCH3 is 1. The van der Waals surface area contributed by atoms with E-state index in [4.69, 9.17) is 16.3 Å². The standard InChI is InChI=1S/C22H24ClFN4O2S/c1-30-13-12-28-20-7-6-16(23)14-18(20)25-22(28)31-15-21(29)27-10-8-26(9-11-27)19-5-3-2-4-17(19)24/h2-7,14H,8-13,15H2,1H3. The van der Waals surface area contributed by atoms with Crippen molar-refractivity contribution in [2.24, 2.45) is 0 Å². The van der Waals surface area contributed by atoms with Crippen LogP contribution in [0.15, 0.2) is 47.6 Å². The molecule has 3 aromatic rings. The zero-order valence-corrected chi connectivity index (χ0v) is 18.8. The van der Waals surface area contributed by atoms with E-state index in [1.165, 1.54) is 17.8 Å². The first-order valence-electron chi connectivity index (χ1n) is 10.1. The summed E-state index contributed by atoms with van der Waals surface area (Å²) in [7, 11) is 1.66. The minimum Gasteiger partial charge on any atom is -0.383 e. The summed E-state index contributed by atoms with van der Waals surface area (Å²) in [6.07, 6.45) is 0. The molecule has 0 aliphatic carbocycles. The zero-order valence-electron chi connectivity index (χ0n) is 17.3. The van der Waals surface area contributed by atoms with Gasteiger partial charge in [-0.05, 0) is 30.3 Å². The van der Waals surface area contributed by atoms with Gasteiger partial charge in [0.05, 0.1) is 29.1 Å². The lowest BCUT2D eigenvalue weighted by Gasteiger charge is -2.36. The summed E-state index contributed by atoms with van der Waals surface area (Å²) in [6.45, 7) is 3.57. The monoisotopic (exact) mass is 462 g/mol. The number of ether oxygens (including phenoxy) is 1. The first kappa shape index (κ1) is 21.9. The second kappa shape index (κ2) is 9.89. The number of amides is 1. The van der Waals surface area contributed by atoms with Crippen LogP contribution < -0.4 is 4.90 Å². The number of aromatic nitrogens is 2. The molecular weight excluding hydrogens is 439 g/mol. The maximum Gasteiger partial charge on any atom is 0.233 e. The van der Waals surface area contributed by atoms with Gasteiger partial charge in [-0.15, -0.1) is 0 Å². The fraction of sp³-hybridized carbons (Fsp3) is 0.364. The molecule has 164 valence electrons. The number of halogens is 2. The van der Waals surface area contributed by atoms with E-state index in [0.29, 0.717) is 55.8 Å². The zero-order chi connectivity index (χ0) is 21.8. The number of carbonyl (C=O) groups excluding carboxylic acids is 1. The average Bonchev–Trinajstić information content (AvgIpc) is 3.12. The van der Waals surface area contributed by atoms with Crippen LogP contribution >= 0.6 is 23.4 Å². The van der Waals surface area contributed by atoms with Crippen molar-refractivity contribution < 1.29 is 13.9 Å². The number of imidazole rings is 1. The second-order valence-corrected chi connectivity index (χ2v) is 8.66. The molecule has 0 unspecified atom stereocenters. The van der Waals surface area contributed by atoms with Crippen LogP contribution in [-0.2, 0) is 16.1 Å². The third kappa shape index (κ3) is 4.97. The van der Waals surface area contributed by atoms with Gasteiger partial charge in [0.1, 0.15) is 5.82 Å². The first-order chi connectivity index (χ1) is 15.1. The Bertz CT molecular complexity index is 1070. The van der Waals surface area contributed by atoms with Crippen LogP contribution in [0.3, 0.4) is 0 Å². The summed E-state index contributed by atoms with van der Waals surface area (Å²) in [5.41, 5.74) is 2.36. The van der Waals surface area contributed by atoms with E-state index in [0.717, 1.165) is 16.2 Å². The van der Waals surface area contributed by atoms with E-state index in [1.807, 2.05) is 34.1 Å². The first-order valence-corrected chi connectivity index (χ1v) is 11.5. The van der Waals surface area contributed by atoms with E-state index in [2.05, 4.69) is 9.55 Å². The van der Waals surface area contributed by atoms with Gasteiger partial charge in [0.25, 0.3) is 0 Å². The largest absolute Gasteiger partial charge is 0.383 e. The minimum absolute atomic E-state index is 0.0570. The minimum atomic E-state index is -0.229. The van der Waals surface area contributed by atoms with Gasteiger partial charge in [0.15, 0.2) is 5.16 Å². The van der Waals surface area contributed by atoms with Crippen molar-refractivity contribution in [2.75, 3.05) is 50.5 Å². The Morgan fingerprint density at radius 3 is 2.71 bits per heavy atom. The Balaban J connectivity index is 1.39. The fourth-order valence-corrected chi connectivity index (χ4v) is 4.82. The lowest BCUT2D eigenvalue weighted by Crippen LogP contribution is -2.49. The van der Waals surface area contributed by atoms with E-state index in [-0.39, 0.29) is 11.7 Å². The van der Waals surface area contributed by atoms with Crippen molar-refractivity contribution in [3.05, 3.63) is 53.3 Å². The van der Waals surface area contributed by atoms with Crippen molar-refractivity contribution in [3.8, 4) is 0 Å². The quantitative estimate of drug-likeness (QED) is 0.498. The molecule has 1 aromatic heterocycles. The predicted octanol–water partition coefficient (Wildman–Crippen LogP) is 3.92. The highest BCUT2D eigenvalue weighted by atomic mass is 35.5. The van der Waals surface area contributed by atoms with Crippen LogP contribution in [0, 0.1) is 5.82 Å². The summed E-state index contributed by atoms with van der Waals surface area (Å²) in [4.78, 5) is 21.3. The Morgan fingerprint density at radius 1 is 1.19 bits per heavy atom. The van der Waals surface area contributed by atoms with E-state index < -0.39 is 0 Å². The number of carbonyl (C=O) groups is 1. The molecule has 1 aliphatic rings. The third-order valence-corrected chi connectivity index (χ3v) is 6.54. The van der Waals surface area contributed by atoms with Crippen molar-refractivity contribution >= 4 is 46.0 Å². The maximum atomic E-state index is 14.0. The van der Waals surface area contributed by atoms with Crippen LogP contribution in [0.4, 0.5) is 10.1 Å². The second-order valence-electron chi connectivity index (χ2n) is 7.28. The number of para-hydroxylation sites is 1. The van der Waals surface area contributed by atoms with Gasteiger partial charge in [-0.2, -0.15) is 0 Å². The molecule has 1 fully saturated rings. The molecule has 0 bridgehead atoms. The van der Waals surface area contributed by atoms with E-state index >= 15 is 0 Å². The molecular formula is C22H24ClFN4O2S. The molecule has 2 aromatic carbocycles. The number of anilines is 1. The summed E-state index contributed by atoms with van der Waals surface area (Å²) in [5, 5.41) is 1.40. The highest BCUT2D eigenvalue weighted by Crippen LogP contribution is 2.27. The molecule has 1 saturated heterocycles. The number of hydrogen-bond donors (Lipinski definition) is 0. The summed E-state index contributed by atoms with van der Waals surface area (Å²) < 4.78 is 21.3. The van der Waals surface area contributed by atoms with Crippen LogP contribution in [0.1, 0.15) is 0 Å². The molecule has 1 aliphatic heterocycles. The molecule has 0 spiro atoms. The van der Waals surface area contributed by atoms with Gasteiger partial charge in [-0.25, -0.2) is 9.37 Å². The summed E-state index contributed by atoms with van der Waals surface area (Å²) in [6, 6.07) is 12.4. The lowest BCUT2D eigenvalue weighted by atomic mass is 10.2. The van der Waals surface area contributed by atoms with Crippen molar-refractivity contribution in [2.45, 2.75) is 11.7 Å². The van der Waals surface area contributed by atoms with Gasteiger partial charge in [0, 0.05) is 44.9 Å². The molecule has 2 heterocycles. The normalized spacial score (nSPS) is 14.4. The lowest BCUT2D eigenvalue weighted by molar-refractivity contribution is -0.128. The average molecular weight is 463 g/mol. The van der Waals surface area contributed by atoms with Crippen LogP contribution in [0.25, 0.3) is 11.0 Å². The number of rotatable bonds is 7. The van der Waals surface area contributed by atoms with Crippen LogP contribution in [-0.4, -0.2) is 66.0 Å². The number of piperazine rings is 1. The van der Waals surface area contributed by atoms with Crippen LogP contribution in [0.2, 0.25) is 5.02 Å². The SMILES string of the molecule is COCCn1c(SCC(=O)N2CCN(c3ccccc3F)CC2)nc2cc(Cl)ccc21. The molecule has 31 heavy (non-hydrogen) atoms. The number of nitrogens with zero attached hydrogens (tertiary/aromatic N) is 4. The van der Waals surface area contributed by atoms with E-state index in [9.17, 15) is 9.18 Å². The van der Waals surface area contributed by atoms with Crippen molar-refractivity contribution in [1.29, 1.82) is 0 Å². The summed E-state index contributed by atoms with van der Waals surface area (Å²) >= 11 is 7.53. The van der Waals surface area contributed by atoms with Gasteiger partial charge in [-0.1, -0.05) is 35.5 Å². The van der Waals surface area contributed by atoms with Crippen molar-refractivity contribution in [1.82, 2.24) is 14.5 Å². The third-order valence-electron chi connectivity index (χ3n) is 5.34. The number of fused-ring (bicyclic) bond motifs is 1.